The van der Waals surface area contributed by atoms with Crippen LogP contribution in [0.3, 0.4) is 0 Å². The molecule has 0 saturated carbocycles. The average Bonchev–Trinajstić information content (AvgIpc) is 3.36. The monoisotopic (exact) mass is 376 g/mol. The molecule has 0 aliphatic heterocycles. The predicted molar refractivity (Wildman–Crippen MR) is 104 cm³/mol. The van der Waals surface area contributed by atoms with Crippen LogP contribution in [-0.4, -0.2) is 26.3 Å². The minimum absolute atomic E-state index is 0.259. The maximum atomic E-state index is 13.0. The van der Waals surface area contributed by atoms with Crippen molar-refractivity contribution in [3.63, 3.8) is 0 Å². The standard InChI is InChI=1S/C19H16N6OS/c20-19-25-24-18(27-19)16(13-9-5-2-6-10-13)22-17(26)14-11-21-23-15(14)12-7-3-1-4-8-12/h1-11,16H,(H2,20,25)(H,21,23)(H,22,26)/t16-/m0/s1. The fourth-order valence-corrected chi connectivity index (χ4v) is 3.48. The first-order valence-electron chi connectivity index (χ1n) is 8.26. The van der Waals surface area contributed by atoms with E-state index in [-0.39, 0.29) is 5.91 Å². The SMILES string of the molecule is Nc1nnc([C@@H](NC(=O)c2cn[nH]c2-c2ccccc2)c2ccccc2)s1. The molecule has 0 unspecified atom stereocenters. The molecule has 7 nitrogen and oxygen atoms in total. The van der Waals surface area contributed by atoms with Crippen LogP contribution in [0.1, 0.15) is 27.0 Å². The Morgan fingerprint density at radius 2 is 1.74 bits per heavy atom. The van der Waals surface area contributed by atoms with Gasteiger partial charge in [-0.1, -0.05) is 72.0 Å². The van der Waals surface area contributed by atoms with Crippen molar-refractivity contribution in [2.24, 2.45) is 0 Å². The molecule has 4 N–H and O–H groups in total. The fraction of sp³-hybridized carbons (Fsp3) is 0.0526. The first-order chi connectivity index (χ1) is 13.2. The van der Waals surface area contributed by atoms with Crippen LogP contribution < -0.4 is 11.1 Å². The minimum Gasteiger partial charge on any atom is -0.374 e. The average molecular weight is 376 g/mol. The summed E-state index contributed by atoms with van der Waals surface area (Å²) in [6.07, 6.45) is 1.52. The van der Waals surface area contributed by atoms with Gasteiger partial charge < -0.3 is 11.1 Å². The van der Waals surface area contributed by atoms with E-state index < -0.39 is 6.04 Å². The lowest BCUT2D eigenvalue weighted by atomic mass is 10.1. The van der Waals surface area contributed by atoms with Gasteiger partial charge in [0.15, 0.2) is 0 Å². The third-order valence-electron chi connectivity index (χ3n) is 4.06. The van der Waals surface area contributed by atoms with Crippen LogP contribution in [0.15, 0.2) is 66.9 Å². The molecule has 1 amide bonds. The third-order valence-corrected chi connectivity index (χ3v) is 4.88. The van der Waals surface area contributed by atoms with E-state index in [1.807, 2.05) is 60.7 Å². The molecule has 2 aromatic carbocycles. The molecule has 2 aromatic heterocycles. The highest BCUT2D eigenvalue weighted by Crippen LogP contribution is 2.27. The summed E-state index contributed by atoms with van der Waals surface area (Å²) in [5, 5.41) is 18.9. The van der Waals surface area contributed by atoms with Gasteiger partial charge in [-0.2, -0.15) is 5.10 Å². The number of benzene rings is 2. The van der Waals surface area contributed by atoms with Crippen molar-refractivity contribution in [3.05, 3.63) is 83.0 Å². The lowest BCUT2D eigenvalue weighted by Gasteiger charge is -2.16. The van der Waals surface area contributed by atoms with Crippen LogP contribution in [0.2, 0.25) is 0 Å². The number of carbonyl (C=O) groups excluding carboxylic acids is 1. The number of hydrogen-bond donors (Lipinski definition) is 3. The number of aromatic amines is 1. The first kappa shape index (κ1) is 16.9. The van der Waals surface area contributed by atoms with Crippen molar-refractivity contribution in [1.29, 1.82) is 0 Å². The van der Waals surface area contributed by atoms with Crippen LogP contribution in [0.4, 0.5) is 5.13 Å². The van der Waals surface area contributed by atoms with E-state index in [1.165, 1.54) is 17.5 Å². The highest BCUT2D eigenvalue weighted by molar-refractivity contribution is 7.15. The number of nitrogen functional groups attached to an aromatic ring is 1. The van der Waals surface area contributed by atoms with Crippen LogP contribution in [0, 0.1) is 0 Å². The molecule has 4 aromatic rings. The van der Waals surface area contributed by atoms with Gasteiger partial charge in [-0.25, -0.2) is 0 Å². The van der Waals surface area contributed by atoms with Gasteiger partial charge in [-0.15, -0.1) is 10.2 Å². The number of aromatic nitrogens is 4. The number of H-pyrrole nitrogens is 1. The van der Waals surface area contributed by atoms with E-state index in [1.54, 1.807) is 0 Å². The van der Waals surface area contributed by atoms with Gasteiger partial charge in [0, 0.05) is 5.56 Å². The Labute approximate surface area is 159 Å². The molecule has 2 heterocycles. The zero-order valence-corrected chi connectivity index (χ0v) is 15.0. The zero-order chi connectivity index (χ0) is 18.6. The predicted octanol–water partition coefficient (Wildman–Crippen LogP) is 3.03. The van der Waals surface area contributed by atoms with Crippen molar-refractivity contribution in [3.8, 4) is 11.3 Å². The second-order valence-corrected chi connectivity index (χ2v) is 6.86. The Bertz CT molecular complexity index is 1040. The number of carbonyl (C=O) groups is 1. The topological polar surface area (TPSA) is 110 Å². The van der Waals surface area contributed by atoms with Crippen molar-refractivity contribution in [2.75, 3.05) is 5.73 Å². The van der Waals surface area contributed by atoms with Gasteiger partial charge in [0.05, 0.1) is 17.5 Å². The molecule has 0 saturated heterocycles. The second-order valence-electron chi connectivity index (χ2n) is 5.82. The van der Waals surface area contributed by atoms with Gasteiger partial charge in [0.25, 0.3) is 5.91 Å². The van der Waals surface area contributed by atoms with Crippen LogP contribution in [0.5, 0.6) is 0 Å². The number of amides is 1. The molecule has 134 valence electrons. The van der Waals surface area contributed by atoms with E-state index in [4.69, 9.17) is 5.73 Å². The van der Waals surface area contributed by atoms with Crippen molar-refractivity contribution < 1.29 is 4.79 Å². The molecule has 0 spiro atoms. The molecular weight excluding hydrogens is 360 g/mol. The van der Waals surface area contributed by atoms with Gasteiger partial charge in [0.2, 0.25) is 5.13 Å². The summed E-state index contributed by atoms with van der Waals surface area (Å²) in [5.41, 5.74) is 8.64. The Morgan fingerprint density at radius 1 is 1.04 bits per heavy atom. The molecule has 0 aliphatic rings. The van der Waals surface area contributed by atoms with E-state index in [0.29, 0.717) is 21.4 Å². The summed E-state index contributed by atoms with van der Waals surface area (Å²) in [5.74, 6) is -0.259. The van der Waals surface area contributed by atoms with Crippen LogP contribution in [-0.2, 0) is 0 Å². The lowest BCUT2D eigenvalue weighted by Crippen LogP contribution is -2.29. The minimum atomic E-state index is -0.452. The summed E-state index contributed by atoms with van der Waals surface area (Å²) in [4.78, 5) is 13.0. The first-order valence-corrected chi connectivity index (χ1v) is 9.07. The lowest BCUT2D eigenvalue weighted by molar-refractivity contribution is 0.0943. The Hall–Kier alpha value is -3.52. The van der Waals surface area contributed by atoms with Crippen molar-refractivity contribution in [2.45, 2.75) is 6.04 Å². The molecule has 1 atom stereocenters. The van der Waals surface area contributed by atoms with Crippen LogP contribution >= 0.6 is 11.3 Å². The largest absolute Gasteiger partial charge is 0.374 e. The highest BCUT2D eigenvalue weighted by atomic mass is 32.1. The van der Waals surface area contributed by atoms with Gasteiger partial charge >= 0.3 is 0 Å². The number of nitrogens with zero attached hydrogens (tertiary/aromatic N) is 3. The molecule has 0 aliphatic carbocycles. The molecule has 8 heteroatoms. The maximum Gasteiger partial charge on any atom is 0.255 e. The fourth-order valence-electron chi connectivity index (χ4n) is 2.79. The summed E-state index contributed by atoms with van der Waals surface area (Å²) >= 11 is 1.25. The smallest absolute Gasteiger partial charge is 0.255 e. The van der Waals surface area contributed by atoms with Gasteiger partial charge in [-0.05, 0) is 5.56 Å². The molecule has 27 heavy (non-hydrogen) atoms. The van der Waals surface area contributed by atoms with Crippen molar-refractivity contribution >= 4 is 22.4 Å². The third kappa shape index (κ3) is 3.56. The van der Waals surface area contributed by atoms with Crippen molar-refractivity contribution in [1.82, 2.24) is 25.7 Å². The zero-order valence-electron chi connectivity index (χ0n) is 14.2. The summed E-state index contributed by atoms with van der Waals surface area (Å²) in [6, 6.07) is 18.7. The van der Waals surface area contributed by atoms with Gasteiger partial charge in [-0.3, -0.25) is 9.89 Å². The Morgan fingerprint density at radius 3 is 2.41 bits per heavy atom. The maximum absolute atomic E-state index is 13.0. The quantitative estimate of drug-likeness (QED) is 0.496. The van der Waals surface area contributed by atoms with E-state index in [9.17, 15) is 4.79 Å². The number of hydrogen-bond acceptors (Lipinski definition) is 6. The highest BCUT2D eigenvalue weighted by Gasteiger charge is 2.24. The molecule has 0 bridgehead atoms. The summed E-state index contributed by atoms with van der Waals surface area (Å²) in [6.45, 7) is 0. The molecule has 0 fully saturated rings. The summed E-state index contributed by atoms with van der Waals surface area (Å²) < 4.78 is 0. The Balaban J connectivity index is 1.67. The molecule has 0 radical (unpaired) electrons. The van der Waals surface area contributed by atoms with E-state index in [2.05, 4.69) is 25.7 Å². The van der Waals surface area contributed by atoms with E-state index in [0.717, 1.165) is 11.1 Å². The molecule has 4 rings (SSSR count). The number of rotatable bonds is 5. The number of anilines is 1. The number of nitrogens with one attached hydrogen (secondary N) is 2. The van der Waals surface area contributed by atoms with E-state index >= 15 is 0 Å². The van der Waals surface area contributed by atoms with Crippen LogP contribution in [0.25, 0.3) is 11.3 Å². The molecular formula is C19H16N6OS. The number of nitrogens with two attached hydrogens (primary N) is 1. The summed E-state index contributed by atoms with van der Waals surface area (Å²) in [7, 11) is 0. The van der Waals surface area contributed by atoms with Gasteiger partial charge in [0.1, 0.15) is 11.0 Å². The normalized spacial score (nSPS) is 11.9. The second kappa shape index (κ2) is 7.38. The Kier molecular flexibility index (Phi) is 4.63.